The summed E-state index contributed by atoms with van der Waals surface area (Å²) in [6.07, 6.45) is 7.19. The monoisotopic (exact) mass is 425 g/mol. The number of benzene rings is 1. The first-order valence-corrected chi connectivity index (χ1v) is 11.1. The third kappa shape index (κ3) is 6.70. The van der Waals surface area contributed by atoms with Crippen molar-refractivity contribution in [2.45, 2.75) is 45.4 Å². The number of amides is 2. The van der Waals surface area contributed by atoms with Crippen molar-refractivity contribution in [1.29, 1.82) is 0 Å². The maximum Gasteiger partial charge on any atom is 0.259 e. The van der Waals surface area contributed by atoms with Crippen molar-refractivity contribution in [3.63, 3.8) is 0 Å². The van der Waals surface area contributed by atoms with Crippen LogP contribution in [-0.4, -0.2) is 47.9 Å². The normalized spacial score (nSPS) is 15.0. The van der Waals surface area contributed by atoms with Crippen LogP contribution in [0, 0.1) is 0 Å². The molecule has 1 aromatic heterocycles. The number of para-hydroxylation sites is 2. The molecule has 2 heterocycles. The number of hydrogen-bond donors (Lipinski definition) is 1. The number of ether oxygens (including phenoxy) is 2. The quantitative estimate of drug-likeness (QED) is 0.727. The van der Waals surface area contributed by atoms with Gasteiger partial charge in [-0.05, 0) is 43.5 Å². The van der Waals surface area contributed by atoms with E-state index >= 15 is 0 Å². The lowest BCUT2D eigenvalue weighted by atomic mass is 10.1. The second kappa shape index (κ2) is 11.9. The van der Waals surface area contributed by atoms with E-state index in [1.54, 1.807) is 29.3 Å². The molecule has 7 heteroatoms. The van der Waals surface area contributed by atoms with Gasteiger partial charge in [0.15, 0.2) is 11.5 Å². The van der Waals surface area contributed by atoms with Gasteiger partial charge in [-0.15, -0.1) is 0 Å². The van der Waals surface area contributed by atoms with Crippen LogP contribution in [0.15, 0.2) is 42.6 Å². The van der Waals surface area contributed by atoms with Crippen molar-refractivity contribution in [1.82, 2.24) is 15.2 Å². The number of unbranched alkanes of at least 4 members (excludes halogenated alkanes) is 1. The Morgan fingerprint density at radius 2 is 1.90 bits per heavy atom. The molecule has 1 aliphatic rings. The summed E-state index contributed by atoms with van der Waals surface area (Å²) in [5.74, 6) is 0.932. The van der Waals surface area contributed by atoms with Crippen LogP contribution in [0.25, 0.3) is 0 Å². The highest BCUT2D eigenvalue weighted by Gasteiger charge is 2.23. The zero-order valence-electron chi connectivity index (χ0n) is 18.1. The van der Waals surface area contributed by atoms with Gasteiger partial charge < -0.3 is 19.7 Å². The van der Waals surface area contributed by atoms with Crippen LogP contribution in [0.2, 0.25) is 0 Å². The minimum atomic E-state index is -0.260. The molecule has 7 nitrogen and oxygen atoms in total. The molecule has 1 aromatic carbocycles. The number of aromatic nitrogens is 1. The maximum atomic E-state index is 13.4. The fourth-order valence-electron chi connectivity index (χ4n) is 3.39. The van der Waals surface area contributed by atoms with Crippen molar-refractivity contribution in [2.24, 2.45) is 0 Å². The standard InChI is InChI=1S/C24H31N3O4/c1-2-3-14-25-22(28)18-27-16-8-4-5-9-17-30-20-12-6-7-13-21(20)31-23-19(24(27)29)11-10-15-26-23/h6-7,10-13,15H,2-5,8-9,14,16-18H2,1H3,(H,25,28). The van der Waals surface area contributed by atoms with Gasteiger partial charge in [-0.1, -0.05) is 38.3 Å². The van der Waals surface area contributed by atoms with Gasteiger partial charge in [0.2, 0.25) is 11.8 Å². The van der Waals surface area contributed by atoms with Crippen molar-refractivity contribution in [3.8, 4) is 17.4 Å². The number of nitrogens with one attached hydrogen (secondary N) is 1. The molecule has 0 unspecified atom stereocenters. The summed E-state index contributed by atoms with van der Waals surface area (Å²) in [6.45, 7) is 3.82. The highest BCUT2D eigenvalue weighted by molar-refractivity contribution is 5.98. The first-order chi connectivity index (χ1) is 15.2. The summed E-state index contributed by atoms with van der Waals surface area (Å²) in [4.78, 5) is 31.7. The lowest BCUT2D eigenvalue weighted by molar-refractivity contribution is -0.121. The molecule has 0 atom stereocenters. The molecule has 3 rings (SSSR count). The second-order valence-electron chi connectivity index (χ2n) is 7.60. The molecule has 2 aromatic rings. The number of rotatable bonds is 5. The van der Waals surface area contributed by atoms with Crippen molar-refractivity contribution in [3.05, 3.63) is 48.2 Å². The van der Waals surface area contributed by atoms with Gasteiger partial charge in [0.25, 0.3) is 5.91 Å². The van der Waals surface area contributed by atoms with E-state index in [0.29, 0.717) is 36.8 Å². The van der Waals surface area contributed by atoms with E-state index in [2.05, 4.69) is 17.2 Å². The highest BCUT2D eigenvalue weighted by Crippen LogP contribution is 2.32. The van der Waals surface area contributed by atoms with E-state index in [1.165, 1.54) is 0 Å². The zero-order chi connectivity index (χ0) is 21.9. The Morgan fingerprint density at radius 1 is 1.10 bits per heavy atom. The first kappa shape index (κ1) is 22.6. The Hall–Kier alpha value is -3.09. The molecule has 1 N–H and O–H groups in total. The van der Waals surface area contributed by atoms with Gasteiger partial charge in [-0.25, -0.2) is 4.98 Å². The maximum absolute atomic E-state index is 13.4. The number of fused-ring (bicyclic) bond motifs is 2. The van der Waals surface area contributed by atoms with Gasteiger partial charge in [0, 0.05) is 19.3 Å². The Bertz CT molecular complexity index is 871. The van der Waals surface area contributed by atoms with E-state index < -0.39 is 0 Å². The molecule has 1 aliphatic heterocycles. The molecule has 0 radical (unpaired) electrons. The van der Waals surface area contributed by atoms with Crippen molar-refractivity contribution in [2.75, 3.05) is 26.2 Å². The highest BCUT2D eigenvalue weighted by atomic mass is 16.5. The first-order valence-electron chi connectivity index (χ1n) is 11.1. The SMILES string of the molecule is CCCCNC(=O)CN1CCCCCCOc2ccccc2Oc2ncccc2C1=O. The van der Waals surface area contributed by atoms with Crippen LogP contribution in [0.5, 0.6) is 17.4 Å². The summed E-state index contributed by atoms with van der Waals surface area (Å²) >= 11 is 0. The second-order valence-corrected chi connectivity index (χ2v) is 7.60. The molecule has 0 saturated carbocycles. The summed E-state index contributed by atoms with van der Waals surface area (Å²) < 4.78 is 11.9. The minimum absolute atomic E-state index is 0.0244. The molecule has 0 fully saturated rings. The average Bonchev–Trinajstić information content (AvgIpc) is 2.78. The van der Waals surface area contributed by atoms with Gasteiger partial charge >= 0.3 is 0 Å². The van der Waals surface area contributed by atoms with Crippen molar-refractivity contribution >= 4 is 11.8 Å². The van der Waals surface area contributed by atoms with E-state index in [-0.39, 0.29) is 24.2 Å². The van der Waals surface area contributed by atoms with Crippen LogP contribution in [0.4, 0.5) is 0 Å². The number of hydrogen-bond acceptors (Lipinski definition) is 5. The van der Waals surface area contributed by atoms with Crippen LogP contribution in [-0.2, 0) is 4.79 Å². The number of carbonyl (C=O) groups is 2. The third-order valence-corrected chi connectivity index (χ3v) is 5.11. The zero-order valence-corrected chi connectivity index (χ0v) is 18.1. The molecular formula is C24H31N3O4. The summed E-state index contributed by atoms with van der Waals surface area (Å²) in [5.41, 5.74) is 0.329. The molecule has 31 heavy (non-hydrogen) atoms. The Morgan fingerprint density at radius 3 is 2.74 bits per heavy atom. The fourth-order valence-corrected chi connectivity index (χ4v) is 3.39. The van der Waals surface area contributed by atoms with Crippen LogP contribution in [0.3, 0.4) is 0 Å². The molecular weight excluding hydrogens is 394 g/mol. The van der Waals surface area contributed by atoms with Crippen molar-refractivity contribution < 1.29 is 19.1 Å². The third-order valence-electron chi connectivity index (χ3n) is 5.11. The summed E-state index contributed by atoms with van der Waals surface area (Å²) in [5, 5.41) is 2.90. The predicted octanol–water partition coefficient (Wildman–Crippen LogP) is 4.19. The molecule has 2 amide bonds. The van der Waals surface area contributed by atoms with Gasteiger partial charge in [0.05, 0.1) is 13.2 Å². The number of nitrogens with zero attached hydrogens (tertiary/aromatic N) is 2. The largest absolute Gasteiger partial charge is 0.490 e. The topological polar surface area (TPSA) is 80.8 Å². The minimum Gasteiger partial charge on any atom is -0.490 e. The van der Waals surface area contributed by atoms with Crippen LogP contribution < -0.4 is 14.8 Å². The molecule has 0 aliphatic carbocycles. The molecule has 0 saturated heterocycles. The lowest BCUT2D eigenvalue weighted by Gasteiger charge is -2.23. The van der Waals surface area contributed by atoms with Crippen LogP contribution in [0.1, 0.15) is 55.8 Å². The van der Waals surface area contributed by atoms with E-state index in [1.807, 2.05) is 18.2 Å². The molecule has 0 bridgehead atoms. The van der Waals surface area contributed by atoms with E-state index in [9.17, 15) is 9.59 Å². The van der Waals surface area contributed by atoms with Crippen LogP contribution >= 0.6 is 0 Å². The predicted molar refractivity (Wildman–Crippen MR) is 119 cm³/mol. The van der Waals surface area contributed by atoms with Gasteiger partial charge in [-0.2, -0.15) is 0 Å². The van der Waals surface area contributed by atoms with Gasteiger partial charge in [0.1, 0.15) is 5.56 Å². The Balaban J connectivity index is 1.85. The Labute approximate surface area is 183 Å². The number of pyridine rings is 1. The summed E-state index contributed by atoms with van der Waals surface area (Å²) in [7, 11) is 0. The average molecular weight is 426 g/mol. The van der Waals surface area contributed by atoms with E-state index in [4.69, 9.17) is 9.47 Å². The lowest BCUT2D eigenvalue weighted by Crippen LogP contribution is -2.41. The smallest absolute Gasteiger partial charge is 0.259 e. The number of carbonyl (C=O) groups excluding carboxylic acids is 2. The molecule has 166 valence electrons. The molecule has 0 spiro atoms. The van der Waals surface area contributed by atoms with Gasteiger partial charge in [-0.3, -0.25) is 9.59 Å². The fraction of sp³-hybridized carbons (Fsp3) is 0.458. The Kier molecular flexibility index (Phi) is 8.70. The summed E-state index contributed by atoms with van der Waals surface area (Å²) in [6, 6.07) is 10.8. The van der Waals surface area contributed by atoms with E-state index in [0.717, 1.165) is 38.5 Å².